The van der Waals surface area contributed by atoms with E-state index in [-0.39, 0.29) is 11.7 Å². The first-order valence-corrected chi connectivity index (χ1v) is 7.72. The van der Waals surface area contributed by atoms with Crippen LogP contribution in [0.25, 0.3) is 0 Å². The molecule has 0 aliphatic carbocycles. The van der Waals surface area contributed by atoms with Gasteiger partial charge in [0.2, 0.25) is 0 Å². The second-order valence-corrected chi connectivity index (χ2v) is 5.61. The third kappa shape index (κ3) is 5.10. The van der Waals surface area contributed by atoms with Crippen LogP contribution in [0, 0.1) is 11.2 Å². The fourth-order valence-corrected chi connectivity index (χ4v) is 2.15. The van der Waals surface area contributed by atoms with Crippen LogP contribution in [0.5, 0.6) is 0 Å². The first kappa shape index (κ1) is 18.1. The van der Waals surface area contributed by atoms with Crippen molar-refractivity contribution in [1.29, 1.82) is 5.41 Å². The number of benzene rings is 2. The van der Waals surface area contributed by atoms with Crippen molar-refractivity contribution in [1.82, 2.24) is 5.32 Å². The number of hydrogen-bond acceptors (Lipinski definition) is 4. The highest BCUT2D eigenvalue weighted by Crippen LogP contribution is 2.14. The van der Waals surface area contributed by atoms with E-state index in [1.165, 1.54) is 12.1 Å². The highest BCUT2D eigenvalue weighted by molar-refractivity contribution is 5.94. The van der Waals surface area contributed by atoms with E-state index in [1.807, 2.05) is 19.1 Å². The maximum absolute atomic E-state index is 12.9. The maximum Gasteiger partial charge on any atom is 0.123 e. The van der Waals surface area contributed by atoms with Gasteiger partial charge >= 0.3 is 0 Å². The van der Waals surface area contributed by atoms with Crippen molar-refractivity contribution in [3.8, 4) is 0 Å². The zero-order valence-corrected chi connectivity index (χ0v) is 14.1. The molecule has 0 saturated carbocycles. The molecule has 7 N–H and O–H groups in total. The SMILES string of the molecule is C=C(NCc1ccc(C(=N)N)cc1)/C(N)=C(\C)Nc1ccc(F)cc1. The van der Waals surface area contributed by atoms with Crippen molar-refractivity contribution in [2.24, 2.45) is 11.5 Å². The molecule has 0 aromatic heterocycles. The second kappa shape index (κ2) is 8.01. The lowest BCUT2D eigenvalue weighted by Gasteiger charge is -2.15. The summed E-state index contributed by atoms with van der Waals surface area (Å²) in [6.45, 7) is 6.31. The Morgan fingerprint density at radius 1 is 1.08 bits per heavy atom. The molecule has 0 aliphatic heterocycles. The van der Waals surface area contributed by atoms with Crippen molar-refractivity contribution in [3.05, 3.63) is 89.1 Å². The molecule has 2 rings (SSSR count). The molecule has 0 aliphatic rings. The molecular formula is C19H22FN5. The summed E-state index contributed by atoms with van der Waals surface area (Å²) in [5, 5.41) is 13.7. The number of rotatable bonds is 7. The van der Waals surface area contributed by atoms with E-state index in [4.69, 9.17) is 16.9 Å². The number of nitrogens with one attached hydrogen (secondary N) is 3. The number of anilines is 1. The number of nitrogens with two attached hydrogens (primary N) is 2. The van der Waals surface area contributed by atoms with Crippen LogP contribution in [-0.4, -0.2) is 5.84 Å². The minimum Gasteiger partial charge on any atom is -0.396 e. The van der Waals surface area contributed by atoms with E-state index in [1.54, 1.807) is 24.3 Å². The number of hydrogen-bond donors (Lipinski definition) is 5. The molecule has 130 valence electrons. The first-order valence-electron chi connectivity index (χ1n) is 7.72. The Hall–Kier alpha value is -3.28. The van der Waals surface area contributed by atoms with E-state index < -0.39 is 0 Å². The Morgan fingerprint density at radius 3 is 2.24 bits per heavy atom. The zero-order chi connectivity index (χ0) is 18.4. The van der Waals surface area contributed by atoms with Gasteiger partial charge in [-0.05, 0) is 36.8 Å². The lowest BCUT2D eigenvalue weighted by Crippen LogP contribution is -2.20. The highest BCUT2D eigenvalue weighted by Gasteiger charge is 2.04. The number of nitrogen functional groups attached to an aromatic ring is 1. The quantitative estimate of drug-likeness (QED) is 0.304. The van der Waals surface area contributed by atoms with Gasteiger partial charge in [0, 0.05) is 23.5 Å². The summed E-state index contributed by atoms with van der Waals surface area (Å²) < 4.78 is 12.9. The third-order valence-electron chi connectivity index (χ3n) is 3.68. The number of halogens is 1. The summed E-state index contributed by atoms with van der Waals surface area (Å²) >= 11 is 0. The predicted octanol–water partition coefficient (Wildman–Crippen LogP) is 3.02. The van der Waals surface area contributed by atoms with Crippen LogP contribution in [-0.2, 0) is 6.54 Å². The molecule has 2 aromatic carbocycles. The summed E-state index contributed by atoms with van der Waals surface area (Å²) in [5.74, 6) is -0.249. The Bertz CT molecular complexity index is 792. The van der Waals surface area contributed by atoms with Gasteiger partial charge in [0.05, 0.1) is 11.4 Å². The highest BCUT2D eigenvalue weighted by atomic mass is 19.1. The fraction of sp³-hybridized carbons (Fsp3) is 0.105. The van der Waals surface area contributed by atoms with Crippen LogP contribution in [0.15, 0.2) is 72.2 Å². The van der Waals surface area contributed by atoms with E-state index in [0.29, 0.717) is 23.5 Å². The van der Waals surface area contributed by atoms with Gasteiger partial charge in [0.25, 0.3) is 0 Å². The zero-order valence-electron chi connectivity index (χ0n) is 14.1. The summed E-state index contributed by atoms with van der Waals surface area (Å²) in [6, 6.07) is 13.4. The summed E-state index contributed by atoms with van der Waals surface area (Å²) in [7, 11) is 0. The van der Waals surface area contributed by atoms with Crippen LogP contribution < -0.4 is 22.1 Å². The molecule has 25 heavy (non-hydrogen) atoms. The van der Waals surface area contributed by atoms with Gasteiger partial charge < -0.3 is 22.1 Å². The van der Waals surface area contributed by atoms with Gasteiger partial charge in [-0.3, -0.25) is 5.41 Å². The Kier molecular flexibility index (Phi) is 5.79. The Balaban J connectivity index is 1.96. The van der Waals surface area contributed by atoms with Gasteiger partial charge in [-0.25, -0.2) is 4.39 Å². The normalized spacial score (nSPS) is 11.4. The van der Waals surface area contributed by atoms with E-state index in [9.17, 15) is 4.39 Å². The van der Waals surface area contributed by atoms with Crippen LogP contribution in [0.3, 0.4) is 0 Å². The molecule has 0 atom stereocenters. The van der Waals surface area contributed by atoms with Gasteiger partial charge in [0.1, 0.15) is 11.7 Å². The van der Waals surface area contributed by atoms with E-state index in [2.05, 4.69) is 17.2 Å². The van der Waals surface area contributed by atoms with Gasteiger partial charge in [0.15, 0.2) is 0 Å². The Labute approximate surface area is 146 Å². The summed E-state index contributed by atoms with van der Waals surface area (Å²) in [4.78, 5) is 0. The first-order chi connectivity index (χ1) is 11.9. The lowest BCUT2D eigenvalue weighted by molar-refractivity contribution is 0.628. The van der Waals surface area contributed by atoms with E-state index in [0.717, 1.165) is 16.9 Å². The minimum absolute atomic E-state index is 0.0404. The smallest absolute Gasteiger partial charge is 0.123 e. The summed E-state index contributed by atoms with van der Waals surface area (Å²) in [6.07, 6.45) is 0. The van der Waals surface area contributed by atoms with Crippen LogP contribution in [0.4, 0.5) is 10.1 Å². The molecule has 5 nitrogen and oxygen atoms in total. The maximum atomic E-state index is 12.9. The molecule has 0 radical (unpaired) electrons. The monoisotopic (exact) mass is 339 g/mol. The molecule has 6 heteroatoms. The van der Waals surface area contributed by atoms with Crippen LogP contribution >= 0.6 is 0 Å². The van der Waals surface area contributed by atoms with Crippen LogP contribution in [0.2, 0.25) is 0 Å². The average molecular weight is 339 g/mol. The largest absolute Gasteiger partial charge is 0.396 e. The molecule has 0 amide bonds. The average Bonchev–Trinajstić information content (AvgIpc) is 2.61. The topological polar surface area (TPSA) is 100.0 Å². The molecule has 0 bridgehead atoms. The number of allylic oxidation sites excluding steroid dienone is 1. The molecule has 2 aromatic rings. The number of amidine groups is 1. The van der Waals surface area contributed by atoms with E-state index >= 15 is 0 Å². The molecule has 0 unspecified atom stereocenters. The van der Waals surface area contributed by atoms with Gasteiger partial charge in [-0.2, -0.15) is 0 Å². The minimum atomic E-state index is -0.290. The van der Waals surface area contributed by atoms with Crippen molar-refractivity contribution >= 4 is 11.5 Å². The van der Waals surface area contributed by atoms with Crippen molar-refractivity contribution in [2.45, 2.75) is 13.5 Å². The van der Waals surface area contributed by atoms with Crippen molar-refractivity contribution < 1.29 is 4.39 Å². The lowest BCUT2D eigenvalue weighted by atomic mass is 10.1. The standard InChI is InChI=1S/C19H22FN5/c1-12(24-11-14-3-5-15(6-4-14)19(22)23)18(21)13(2)25-17-9-7-16(20)8-10-17/h3-10,24-25H,1,11,21H2,2H3,(H3,22,23)/b18-13-. The third-order valence-corrected chi connectivity index (χ3v) is 3.68. The van der Waals surface area contributed by atoms with Crippen molar-refractivity contribution in [3.63, 3.8) is 0 Å². The van der Waals surface area contributed by atoms with Gasteiger partial charge in [-0.1, -0.05) is 30.8 Å². The van der Waals surface area contributed by atoms with Crippen molar-refractivity contribution in [2.75, 3.05) is 5.32 Å². The molecule has 0 spiro atoms. The molecular weight excluding hydrogens is 317 g/mol. The molecule has 0 fully saturated rings. The van der Waals surface area contributed by atoms with Crippen LogP contribution in [0.1, 0.15) is 18.1 Å². The fourth-order valence-electron chi connectivity index (χ4n) is 2.15. The second-order valence-electron chi connectivity index (χ2n) is 5.61. The molecule has 0 heterocycles. The molecule has 0 saturated heterocycles. The summed E-state index contributed by atoms with van der Waals surface area (Å²) in [5.41, 5.74) is 15.8. The Morgan fingerprint density at radius 2 is 1.68 bits per heavy atom. The predicted molar refractivity (Wildman–Crippen MR) is 100 cm³/mol. The van der Waals surface area contributed by atoms with Gasteiger partial charge in [-0.15, -0.1) is 0 Å².